The molecule has 0 aromatic carbocycles. The van der Waals surface area contributed by atoms with Crippen LogP contribution < -0.4 is 0 Å². The van der Waals surface area contributed by atoms with Gasteiger partial charge >= 0.3 is 0 Å². The van der Waals surface area contributed by atoms with Crippen molar-refractivity contribution in [3.05, 3.63) is 58.8 Å². The van der Waals surface area contributed by atoms with Crippen LogP contribution in [0.15, 0.2) is 47.6 Å². The summed E-state index contributed by atoms with van der Waals surface area (Å²) >= 11 is 0. The fraction of sp³-hybridized carbons (Fsp3) is 0.312. The highest BCUT2D eigenvalue weighted by Crippen LogP contribution is 2.24. The van der Waals surface area contributed by atoms with Gasteiger partial charge in [-0.3, -0.25) is 4.98 Å². The average molecular weight is 225 g/mol. The van der Waals surface area contributed by atoms with E-state index in [0.29, 0.717) is 0 Å². The van der Waals surface area contributed by atoms with Gasteiger partial charge in [0.15, 0.2) is 0 Å². The third kappa shape index (κ3) is 3.60. The van der Waals surface area contributed by atoms with Crippen molar-refractivity contribution < 1.29 is 0 Å². The van der Waals surface area contributed by atoms with Gasteiger partial charge in [-0.05, 0) is 54.3 Å². The van der Waals surface area contributed by atoms with E-state index in [4.69, 9.17) is 0 Å². The van der Waals surface area contributed by atoms with Crippen LogP contribution in [0.3, 0.4) is 0 Å². The Morgan fingerprint density at radius 1 is 1.12 bits per heavy atom. The minimum absolute atomic E-state index is 1.19. The summed E-state index contributed by atoms with van der Waals surface area (Å²) < 4.78 is 0. The topological polar surface area (TPSA) is 12.9 Å². The van der Waals surface area contributed by atoms with Gasteiger partial charge in [-0.25, -0.2) is 0 Å². The molecular formula is C16H19N. The lowest BCUT2D eigenvalue weighted by Crippen LogP contribution is -1.90. The smallest absolute Gasteiger partial charge is 0.0303 e. The number of aromatic nitrogens is 1. The molecule has 1 heterocycles. The fourth-order valence-electron chi connectivity index (χ4n) is 1.52. The molecule has 0 N–H and O–H groups in total. The van der Waals surface area contributed by atoms with Gasteiger partial charge in [-0.15, -0.1) is 0 Å². The number of hydrogen-bond donors (Lipinski definition) is 0. The Balaban J connectivity index is 0.000000437. The van der Waals surface area contributed by atoms with Crippen molar-refractivity contribution in [3.8, 4) is 0 Å². The van der Waals surface area contributed by atoms with Crippen molar-refractivity contribution in [3.63, 3.8) is 0 Å². The number of pyridine rings is 1. The Hall–Kier alpha value is -1.81. The van der Waals surface area contributed by atoms with E-state index in [1.54, 1.807) is 0 Å². The molecule has 1 aromatic heterocycles. The summed E-state index contributed by atoms with van der Waals surface area (Å²) in [4.78, 5) is 4.08. The summed E-state index contributed by atoms with van der Waals surface area (Å²) in [7, 11) is 0. The second kappa shape index (κ2) is 6.70. The van der Waals surface area contributed by atoms with Crippen LogP contribution >= 0.6 is 0 Å². The molecule has 1 aromatic rings. The molecule has 1 heteroatoms. The molecule has 0 atom stereocenters. The van der Waals surface area contributed by atoms with E-state index >= 15 is 0 Å². The van der Waals surface area contributed by atoms with Crippen LogP contribution in [0.5, 0.6) is 0 Å². The molecule has 0 amide bonds. The molecule has 0 saturated heterocycles. The van der Waals surface area contributed by atoms with Crippen LogP contribution in [0, 0.1) is 6.92 Å². The molecule has 88 valence electrons. The first-order valence-corrected chi connectivity index (χ1v) is 6.00. The van der Waals surface area contributed by atoms with Gasteiger partial charge in [-0.2, -0.15) is 0 Å². The first-order valence-electron chi connectivity index (χ1n) is 6.00. The molecule has 1 nitrogen and oxygen atoms in total. The lowest BCUT2D eigenvalue weighted by atomic mass is 9.97. The molecule has 1 aliphatic rings. The van der Waals surface area contributed by atoms with Crippen LogP contribution in [-0.4, -0.2) is 4.98 Å². The van der Waals surface area contributed by atoms with Gasteiger partial charge in [0.1, 0.15) is 0 Å². The number of allylic oxidation sites excluding steroid dienone is 4. The molecule has 0 saturated carbocycles. The molecule has 1 aliphatic carbocycles. The molecule has 2 rings (SSSR count). The highest BCUT2D eigenvalue weighted by Gasteiger charge is 2.05. The standard InChI is InChI=1S/C13H11N.C3H8/c1-10-5-3-4-6-12(10)13-7-8-14-9-11(13)2;1-3-2/h5-9H,1-2H3;3H2,1-2H3. The molecule has 0 radical (unpaired) electrons. The van der Waals surface area contributed by atoms with Gasteiger partial charge in [0, 0.05) is 12.4 Å². The minimum Gasteiger partial charge on any atom is -0.264 e. The summed E-state index contributed by atoms with van der Waals surface area (Å²) in [5.41, 5.74) is 10.8. The molecule has 0 aliphatic heterocycles. The van der Waals surface area contributed by atoms with Gasteiger partial charge in [0.2, 0.25) is 0 Å². The minimum atomic E-state index is 1.19. The maximum absolute atomic E-state index is 4.08. The second-order valence-electron chi connectivity index (χ2n) is 4.07. The summed E-state index contributed by atoms with van der Waals surface area (Å²) in [5, 5.41) is 0. The van der Waals surface area contributed by atoms with E-state index in [1.165, 1.54) is 28.7 Å². The quantitative estimate of drug-likeness (QED) is 0.643. The molecular weight excluding hydrogens is 206 g/mol. The maximum Gasteiger partial charge on any atom is 0.0303 e. The SMILES string of the molecule is CC1=C(c2ccncc2C)C=C=C=C1.CCC. The van der Waals surface area contributed by atoms with Gasteiger partial charge < -0.3 is 0 Å². The predicted molar refractivity (Wildman–Crippen MR) is 73.7 cm³/mol. The van der Waals surface area contributed by atoms with Crippen molar-refractivity contribution in [2.24, 2.45) is 0 Å². The third-order valence-corrected chi connectivity index (χ3v) is 2.32. The Labute approximate surface area is 104 Å². The van der Waals surface area contributed by atoms with E-state index in [9.17, 15) is 0 Å². The summed E-state index contributed by atoms with van der Waals surface area (Å²) in [6.07, 6.45) is 8.87. The first kappa shape index (κ1) is 13.3. The van der Waals surface area contributed by atoms with E-state index < -0.39 is 0 Å². The Morgan fingerprint density at radius 2 is 1.76 bits per heavy atom. The van der Waals surface area contributed by atoms with E-state index in [1.807, 2.05) is 30.6 Å². The van der Waals surface area contributed by atoms with Gasteiger partial charge in [0.05, 0.1) is 0 Å². The molecule has 0 unspecified atom stereocenters. The van der Waals surface area contributed by atoms with Crippen LogP contribution in [0.2, 0.25) is 0 Å². The van der Waals surface area contributed by atoms with Gasteiger partial charge in [-0.1, -0.05) is 31.7 Å². The summed E-state index contributed by atoms with van der Waals surface area (Å²) in [5.74, 6) is 0. The van der Waals surface area contributed by atoms with Crippen LogP contribution in [-0.2, 0) is 0 Å². The van der Waals surface area contributed by atoms with E-state index in [-0.39, 0.29) is 0 Å². The Morgan fingerprint density at radius 3 is 2.35 bits per heavy atom. The number of hydrogen-bond acceptors (Lipinski definition) is 1. The molecule has 0 fully saturated rings. The first-order chi connectivity index (χ1) is 8.20. The zero-order chi connectivity index (χ0) is 12.7. The highest BCUT2D eigenvalue weighted by molar-refractivity contribution is 5.80. The largest absolute Gasteiger partial charge is 0.264 e. The summed E-state index contributed by atoms with van der Waals surface area (Å²) in [6, 6.07) is 2.03. The lowest BCUT2D eigenvalue weighted by molar-refractivity contribution is 1.09. The zero-order valence-electron chi connectivity index (χ0n) is 11.0. The monoisotopic (exact) mass is 225 g/mol. The van der Waals surface area contributed by atoms with Crippen molar-refractivity contribution in [2.45, 2.75) is 34.1 Å². The van der Waals surface area contributed by atoms with Crippen molar-refractivity contribution in [1.82, 2.24) is 4.98 Å². The Bertz CT molecular complexity index is 508. The van der Waals surface area contributed by atoms with Crippen molar-refractivity contribution in [2.75, 3.05) is 0 Å². The normalized spacial score (nSPS) is 12.5. The van der Waals surface area contributed by atoms with Crippen LogP contribution in [0.4, 0.5) is 0 Å². The molecule has 0 bridgehead atoms. The van der Waals surface area contributed by atoms with E-state index in [0.717, 1.165) is 0 Å². The van der Waals surface area contributed by atoms with E-state index in [2.05, 4.69) is 44.1 Å². The van der Waals surface area contributed by atoms with Crippen molar-refractivity contribution in [1.29, 1.82) is 0 Å². The Kier molecular flexibility index (Phi) is 5.23. The fourth-order valence-corrected chi connectivity index (χ4v) is 1.52. The third-order valence-electron chi connectivity index (χ3n) is 2.32. The van der Waals surface area contributed by atoms with Crippen LogP contribution in [0.1, 0.15) is 38.3 Å². The highest BCUT2D eigenvalue weighted by atomic mass is 14.6. The summed E-state index contributed by atoms with van der Waals surface area (Å²) in [6.45, 7) is 8.40. The average Bonchev–Trinajstić information content (AvgIpc) is 2.32. The lowest BCUT2D eigenvalue weighted by Gasteiger charge is -2.08. The molecule has 17 heavy (non-hydrogen) atoms. The molecule has 0 spiro atoms. The second-order valence-corrected chi connectivity index (χ2v) is 4.07. The van der Waals surface area contributed by atoms with Crippen molar-refractivity contribution >= 4 is 5.57 Å². The van der Waals surface area contributed by atoms with Crippen LogP contribution in [0.25, 0.3) is 5.57 Å². The number of rotatable bonds is 1. The number of aryl methyl sites for hydroxylation is 1. The zero-order valence-corrected chi connectivity index (χ0v) is 11.0. The van der Waals surface area contributed by atoms with Gasteiger partial charge in [0.25, 0.3) is 0 Å². The maximum atomic E-state index is 4.08. The number of nitrogens with zero attached hydrogens (tertiary/aromatic N) is 1. The predicted octanol–water partition coefficient (Wildman–Crippen LogP) is 4.46.